The monoisotopic (exact) mass is 281 g/mol. The number of hydrogen-bond donors (Lipinski definition) is 1. The lowest BCUT2D eigenvalue weighted by Gasteiger charge is -2.36. The van der Waals surface area contributed by atoms with Crippen LogP contribution >= 0.6 is 0 Å². The number of nitrogen functional groups attached to an aromatic ring is 1. The Hall–Kier alpha value is -2.88. The molecule has 0 atom stereocenters. The highest BCUT2D eigenvalue weighted by Crippen LogP contribution is 2.23. The Bertz CT molecular complexity index is 654. The first-order valence-electron chi connectivity index (χ1n) is 6.69. The van der Waals surface area contributed by atoms with Crippen molar-refractivity contribution in [2.45, 2.75) is 0 Å². The summed E-state index contributed by atoms with van der Waals surface area (Å²) >= 11 is 0. The van der Waals surface area contributed by atoms with Crippen molar-refractivity contribution in [2.24, 2.45) is 0 Å². The molecule has 106 valence electrons. The number of piperazine rings is 1. The highest BCUT2D eigenvalue weighted by Gasteiger charge is 2.19. The summed E-state index contributed by atoms with van der Waals surface area (Å²) in [5, 5.41) is 8.74. The molecule has 1 aliphatic heterocycles. The molecule has 2 N–H and O–H groups in total. The maximum absolute atomic E-state index is 8.74. The number of rotatable bonds is 2. The number of nitriles is 1. The molecule has 2 aromatic heterocycles. The molecule has 0 amide bonds. The highest BCUT2D eigenvalue weighted by atomic mass is 15.3. The summed E-state index contributed by atoms with van der Waals surface area (Å²) in [6, 6.07) is 3.91. The Kier molecular flexibility index (Phi) is 3.51. The highest BCUT2D eigenvalue weighted by molar-refractivity contribution is 5.66. The Morgan fingerprint density at radius 2 is 1.81 bits per heavy atom. The molecule has 0 aromatic carbocycles. The molecular weight excluding hydrogens is 266 g/mol. The fourth-order valence-corrected chi connectivity index (χ4v) is 2.41. The molecule has 0 saturated carbocycles. The number of anilines is 3. The van der Waals surface area contributed by atoms with Crippen molar-refractivity contribution in [3.05, 3.63) is 36.5 Å². The van der Waals surface area contributed by atoms with Crippen molar-refractivity contribution in [1.29, 1.82) is 5.26 Å². The van der Waals surface area contributed by atoms with Crippen LogP contribution < -0.4 is 15.5 Å². The van der Waals surface area contributed by atoms with E-state index in [4.69, 9.17) is 11.0 Å². The second kappa shape index (κ2) is 5.63. The molecule has 0 aliphatic carbocycles. The normalized spacial score (nSPS) is 14.8. The quantitative estimate of drug-likeness (QED) is 0.863. The molecule has 1 saturated heterocycles. The molecule has 0 unspecified atom stereocenters. The SMILES string of the molecule is N#Cc1cnc(N2CCN(c3ccncc3N)CC2)cn1. The molecule has 0 radical (unpaired) electrons. The van der Waals surface area contributed by atoms with Gasteiger partial charge in [-0.1, -0.05) is 0 Å². The van der Waals surface area contributed by atoms with E-state index >= 15 is 0 Å². The first kappa shape index (κ1) is 13.1. The summed E-state index contributed by atoms with van der Waals surface area (Å²) in [4.78, 5) is 16.7. The summed E-state index contributed by atoms with van der Waals surface area (Å²) in [5.74, 6) is 0.802. The van der Waals surface area contributed by atoms with Gasteiger partial charge in [-0.3, -0.25) is 4.98 Å². The Balaban J connectivity index is 1.67. The van der Waals surface area contributed by atoms with Crippen molar-refractivity contribution in [2.75, 3.05) is 41.7 Å². The zero-order valence-electron chi connectivity index (χ0n) is 11.5. The fourth-order valence-electron chi connectivity index (χ4n) is 2.41. The predicted octanol–water partition coefficient (Wildman–Crippen LogP) is 0.652. The summed E-state index contributed by atoms with van der Waals surface area (Å²) in [6.45, 7) is 3.39. The standard InChI is InChI=1S/C14H15N7/c15-7-11-8-19-14(10-18-11)21-5-3-20(4-6-21)13-1-2-17-9-12(13)16/h1-2,8-10H,3-6,16H2. The molecule has 0 bridgehead atoms. The van der Waals surface area contributed by atoms with E-state index in [9.17, 15) is 0 Å². The van der Waals surface area contributed by atoms with Crippen LogP contribution in [0.3, 0.4) is 0 Å². The largest absolute Gasteiger partial charge is 0.396 e. The Morgan fingerprint density at radius 1 is 1.05 bits per heavy atom. The van der Waals surface area contributed by atoms with Gasteiger partial charge in [-0.15, -0.1) is 0 Å². The maximum Gasteiger partial charge on any atom is 0.158 e. The first-order chi connectivity index (χ1) is 10.3. The van der Waals surface area contributed by atoms with Crippen LogP contribution in [0.4, 0.5) is 17.2 Å². The van der Waals surface area contributed by atoms with Gasteiger partial charge in [0, 0.05) is 32.4 Å². The fraction of sp³-hybridized carbons (Fsp3) is 0.286. The van der Waals surface area contributed by atoms with E-state index in [0.29, 0.717) is 11.4 Å². The van der Waals surface area contributed by atoms with Crippen LogP contribution in [-0.4, -0.2) is 41.1 Å². The lowest BCUT2D eigenvalue weighted by atomic mass is 10.2. The molecule has 1 aliphatic rings. The van der Waals surface area contributed by atoms with E-state index in [-0.39, 0.29) is 0 Å². The molecule has 3 heterocycles. The molecule has 3 rings (SSSR count). The van der Waals surface area contributed by atoms with E-state index in [0.717, 1.165) is 37.7 Å². The number of nitrogens with two attached hydrogens (primary N) is 1. The van der Waals surface area contributed by atoms with Gasteiger partial charge < -0.3 is 15.5 Å². The Morgan fingerprint density at radius 3 is 2.43 bits per heavy atom. The average molecular weight is 281 g/mol. The van der Waals surface area contributed by atoms with Crippen molar-refractivity contribution in [1.82, 2.24) is 15.0 Å². The first-order valence-corrected chi connectivity index (χ1v) is 6.69. The van der Waals surface area contributed by atoms with Gasteiger partial charge in [0.25, 0.3) is 0 Å². The van der Waals surface area contributed by atoms with Crippen LogP contribution in [0.15, 0.2) is 30.9 Å². The lowest BCUT2D eigenvalue weighted by molar-refractivity contribution is 0.646. The molecule has 0 spiro atoms. The van der Waals surface area contributed by atoms with Gasteiger partial charge in [0.2, 0.25) is 0 Å². The van der Waals surface area contributed by atoms with Gasteiger partial charge in [-0.05, 0) is 6.07 Å². The molecule has 7 nitrogen and oxygen atoms in total. The molecule has 7 heteroatoms. The summed E-state index contributed by atoms with van der Waals surface area (Å²) in [7, 11) is 0. The topological polar surface area (TPSA) is 95.0 Å². The van der Waals surface area contributed by atoms with Crippen LogP contribution in [0.5, 0.6) is 0 Å². The van der Waals surface area contributed by atoms with Crippen LogP contribution in [0, 0.1) is 11.3 Å². The van der Waals surface area contributed by atoms with E-state index in [1.54, 1.807) is 18.6 Å². The second-order valence-corrected chi connectivity index (χ2v) is 4.78. The third-order valence-corrected chi connectivity index (χ3v) is 3.52. The van der Waals surface area contributed by atoms with Gasteiger partial charge in [0.1, 0.15) is 11.9 Å². The predicted molar refractivity (Wildman–Crippen MR) is 79.8 cm³/mol. The van der Waals surface area contributed by atoms with E-state index in [1.165, 1.54) is 6.20 Å². The van der Waals surface area contributed by atoms with Gasteiger partial charge in [-0.25, -0.2) is 9.97 Å². The number of aromatic nitrogens is 3. The van der Waals surface area contributed by atoms with Gasteiger partial charge in [-0.2, -0.15) is 5.26 Å². The van der Waals surface area contributed by atoms with E-state index < -0.39 is 0 Å². The van der Waals surface area contributed by atoms with E-state index in [2.05, 4.69) is 24.8 Å². The second-order valence-electron chi connectivity index (χ2n) is 4.78. The smallest absolute Gasteiger partial charge is 0.158 e. The third kappa shape index (κ3) is 2.69. The number of hydrogen-bond acceptors (Lipinski definition) is 7. The van der Waals surface area contributed by atoms with Crippen molar-refractivity contribution in [3.63, 3.8) is 0 Å². The maximum atomic E-state index is 8.74. The van der Waals surface area contributed by atoms with Crippen LogP contribution in [0.2, 0.25) is 0 Å². The van der Waals surface area contributed by atoms with Gasteiger partial charge >= 0.3 is 0 Å². The molecule has 21 heavy (non-hydrogen) atoms. The van der Waals surface area contributed by atoms with Gasteiger partial charge in [0.05, 0.1) is 30.0 Å². The molecule has 1 fully saturated rings. The average Bonchev–Trinajstić information content (AvgIpc) is 2.56. The number of pyridine rings is 1. The van der Waals surface area contributed by atoms with Crippen molar-refractivity contribution >= 4 is 17.2 Å². The zero-order chi connectivity index (χ0) is 14.7. The molecular formula is C14H15N7. The van der Waals surface area contributed by atoms with Crippen molar-refractivity contribution < 1.29 is 0 Å². The summed E-state index contributed by atoms with van der Waals surface area (Å²) < 4.78 is 0. The minimum absolute atomic E-state index is 0.335. The minimum Gasteiger partial charge on any atom is -0.396 e. The van der Waals surface area contributed by atoms with Crippen LogP contribution in [-0.2, 0) is 0 Å². The molecule has 2 aromatic rings. The third-order valence-electron chi connectivity index (χ3n) is 3.52. The minimum atomic E-state index is 0.335. The number of nitrogens with zero attached hydrogens (tertiary/aromatic N) is 6. The van der Waals surface area contributed by atoms with Crippen LogP contribution in [0.25, 0.3) is 0 Å². The summed E-state index contributed by atoms with van der Waals surface area (Å²) in [5.41, 5.74) is 8.02. The van der Waals surface area contributed by atoms with Crippen molar-refractivity contribution in [3.8, 4) is 6.07 Å². The van der Waals surface area contributed by atoms with Crippen LogP contribution in [0.1, 0.15) is 5.69 Å². The Labute approximate surface area is 122 Å². The summed E-state index contributed by atoms with van der Waals surface area (Å²) in [6.07, 6.45) is 6.58. The zero-order valence-corrected chi connectivity index (χ0v) is 11.5. The van der Waals surface area contributed by atoms with E-state index in [1.807, 2.05) is 12.1 Å². The lowest BCUT2D eigenvalue weighted by Crippen LogP contribution is -2.47. The van der Waals surface area contributed by atoms with Gasteiger partial charge in [0.15, 0.2) is 5.69 Å².